The number of nitrogens with one attached hydrogen (secondary N) is 11. The quantitative estimate of drug-likeness (QED) is 0.0218. The first-order valence-electron chi connectivity index (χ1n) is 37.3. The average Bonchev–Trinajstić information content (AvgIpc) is 1.74. The normalized spacial score (nSPS) is 15.6. The molecule has 1 aliphatic heterocycles. The molecular weight excluding hydrogens is 1480 g/mol. The fourth-order valence-corrected chi connectivity index (χ4v) is 12.1. The summed E-state index contributed by atoms with van der Waals surface area (Å²) in [5.74, 6) is -16.5. The molecular formula is C71H115N13O26S. The highest BCUT2D eigenvalue weighted by molar-refractivity contribution is 8.00. The van der Waals surface area contributed by atoms with Gasteiger partial charge in [-0.15, -0.1) is 11.8 Å². The summed E-state index contributed by atoms with van der Waals surface area (Å²) >= 11 is 0.706. The van der Waals surface area contributed by atoms with Crippen molar-refractivity contribution in [3.05, 3.63) is 29.8 Å². The SMILES string of the molecule is CC(C)[C@H](NC(=O)CCCCCN1C(=O)CC(SC[C@@H](NC(=O)[C@H](CCC(=O)NCCCC[C@H](O)CO)NC(=O)[C@@H](CCC(=O)O)NC(=O)[C@H](CCC(=O)NCCCC[C@H](O)CO)NC(=O)[C@@H](CCC(=O)O)NC(=O)[C@@H](N)CCC(=O)NCCCC[C@H](O)CO)C(=O)O)C1=O)C(=O)N[C@@H](C)C(=O)Nc1ccc(CO)cc1. The summed E-state index contributed by atoms with van der Waals surface area (Å²) in [6, 6.07) is -6.41. The number of unbranched alkanes of at least 4 members (excludes halogenated alkanes) is 5. The topological polar surface area (TPSA) is 637 Å². The van der Waals surface area contributed by atoms with Crippen LogP contribution in [0.1, 0.15) is 180 Å². The number of thioether (sulfide) groups is 1. The van der Waals surface area contributed by atoms with Gasteiger partial charge < -0.3 is 115 Å². The third-order valence-electron chi connectivity index (χ3n) is 17.6. The van der Waals surface area contributed by atoms with Crippen LogP contribution in [-0.2, 0) is 83.3 Å². The standard InChI is InChI=1S/C71H115N13O26S/c1-41(2)62(69(107)76-42(3)63(101)77-44-19-17-43(36-85)18-20-44)83-58(95)16-5-4-12-34-84-59(96)35-54(70(84)108)111-40-53(71(109)110)82-68(106)50(23-28-57(94)75-33-11-8-15-47(91)39-88)80-67(105)52(25-30-61(99)100)81-65(103)49(22-27-56(93)74-32-10-7-14-46(90)38-87)79-66(104)51(24-29-60(97)98)78-64(102)48(72)21-26-55(92)73-31-9-6-13-45(89)37-86/h17-20,41-42,45-54,62,85-91H,4-16,21-40,72H2,1-3H3,(H,73,92)(H,74,93)(H,75,94)(H,76,107)(H,77,101)(H,78,102)(H,79,104)(H,80,105)(H,81,103)(H,82,106)(H,83,95)(H,97,98)(H,99,100)(H,109,110)/t42-,45-,46-,47-,48-,49-,50-,51+,52+,53+,54?,62-/m0/s1. The molecule has 13 amide bonds. The molecule has 0 aromatic heterocycles. The van der Waals surface area contributed by atoms with Crippen molar-refractivity contribution < 1.29 is 128 Å². The Hall–Kier alpha value is -9.03. The minimum atomic E-state index is -1.96. The number of hydrogen-bond acceptors (Lipinski definition) is 25. The summed E-state index contributed by atoms with van der Waals surface area (Å²) in [6.45, 7) is 3.44. The number of anilines is 1. The van der Waals surface area contributed by atoms with Crippen molar-refractivity contribution in [2.24, 2.45) is 11.7 Å². The van der Waals surface area contributed by atoms with Gasteiger partial charge in [-0.2, -0.15) is 0 Å². The first-order valence-corrected chi connectivity index (χ1v) is 38.3. The van der Waals surface area contributed by atoms with Crippen molar-refractivity contribution in [1.29, 1.82) is 0 Å². The molecule has 39 nitrogen and oxygen atoms in total. The number of carboxylic acids is 3. The molecule has 0 radical (unpaired) electrons. The predicted octanol–water partition coefficient (Wildman–Crippen LogP) is -3.99. The van der Waals surface area contributed by atoms with E-state index in [0.717, 1.165) is 4.90 Å². The van der Waals surface area contributed by atoms with Gasteiger partial charge in [0.25, 0.3) is 0 Å². The Bertz CT molecular complexity index is 3190. The number of amides is 13. The molecule has 2 rings (SSSR count). The summed E-state index contributed by atoms with van der Waals surface area (Å²) in [4.78, 5) is 214. The summed E-state index contributed by atoms with van der Waals surface area (Å²) in [5, 5.41) is 122. The van der Waals surface area contributed by atoms with Crippen LogP contribution in [0.2, 0.25) is 0 Å². The van der Waals surface area contributed by atoms with Crippen molar-refractivity contribution in [1.82, 2.24) is 58.1 Å². The van der Waals surface area contributed by atoms with Crippen LogP contribution >= 0.6 is 11.8 Å². The van der Waals surface area contributed by atoms with Crippen LogP contribution in [-0.4, -0.2) is 274 Å². The van der Waals surface area contributed by atoms with Crippen molar-refractivity contribution in [2.45, 2.75) is 253 Å². The Kier molecular flexibility index (Phi) is 48.2. The van der Waals surface area contributed by atoms with E-state index in [-0.39, 0.29) is 90.6 Å². The van der Waals surface area contributed by atoms with Gasteiger partial charge in [-0.3, -0.25) is 76.8 Å². The molecule has 23 N–H and O–H groups in total. The van der Waals surface area contributed by atoms with Crippen molar-refractivity contribution in [3.8, 4) is 0 Å². The number of nitrogens with zero attached hydrogens (tertiary/aromatic N) is 1. The van der Waals surface area contributed by atoms with Crippen LogP contribution in [0.5, 0.6) is 0 Å². The summed E-state index contributed by atoms with van der Waals surface area (Å²) < 4.78 is 0. The summed E-state index contributed by atoms with van der Waals surface area (Å²) in [6.07, 6.45) is -5.44. The molecule has 0 spiro atoms. The maximum Gasteiger partial charge on any atom is 0.327 e. The largest absolute Gasteiger partial charge is 0.481 e. The number of hydrogen-bond donors (Lipinski definition) is 22. The zero-order chi connectivity index (χ0) is 83.1. The van der Waals surface area contributed by atoms with E-state index >= 15 is 0 Å². The van der Waals surface area contributed by atoms with Crippen LogP contribution < -0.4 is 64.2 Å². The van der Waals surface area contributed by atoms with E-state index in [1.54, 1.807) is 38.1 Å². The second-order valence-electron chi connectivity index (χ2n) is 27.4. The molecule has 1 fully saturated rings. The molecule has 1 aromatic carbocycles. The van der Waals surface area contributed by atoms with Gasteiger partial charge in [-0.1, -0.05) is 32.4 Å². The number of carboxylic acid groups (broad SMARTS) is 3. The molecule has 626 valence electrons. The van der Waals surface area contributed by atoms with Crippen molar-refractivity contribution in [3.63, 3.8) is 0 Å². The van der Waals surface area contributed by atoms with E-state index in [0.29, 0.717) is 68.0 Å². The van der Waals surface area contributed by atoms with Gasteiger partial charge in [0, 0.05) is 82.6 Å². The van der Waals surface area contributed by atoms with Gasteiger partial charge in [0.2, 0.25) is 76.8 Å². The van der Waals surface area contributed by atoms with E-state index in [2.05, 4.69) is 58.5 Å². The zero-order valence-corrected chi connectivity index (χ0v) is 63.9. The number of carbonyl (C=O) groups is 16. The van der Waals surface area contributed by atoms with Gasteiger partial charge in [0.05, 0.1) is 56.0 Å². The summed E-state index contributed by atoms with van der Waals surface area (Å²) in [5.41, 5.74) is 7.15. The van der Waals surface area contributed by atoms with Crippen molar-refractivity contribution in [2.75, 3.05) is 57.1 Å². The monoisotopic (exact) mass is 1600 g/mol. The molecule has 40 heteroatoms. The van der Waals surface area contributed by atoms with E-state index in [1.165, 1.54) is 6.92 Å². The van der Waals surface area contributed by atoms with E-state index in [4.69, 9.17) is 21.1 Å². The highest BCUT2D eigenvalue weighted by atomic mass is 32.2. The Morgan fingerprint density at radius 1 is 0.459 bits per heavy atom. The number of imide groups is 1. The lowest BCUT2D eigenvalue weighted by atomic mass is 10.0. The van der Waals surface area contributed by atoms with Crippen LogP contribution in [0.15, 0.2) is 24.3 Å². The number of carbonyl (C=O) groups excluding carboxylic acids is 13. The van der Waals surface area contributed by atoms with Crippen LogP contribution in [0.3, 0.4) is 0 Å². The Labute approximate surface area is 647 Å². The van der Waals surface area contributed by atoms with Gasteiger partial charge in [0.1, 0.15) is 42.3 Å². The third kappa shape index (κ3) is 41.2. The number of rotatable bonds is 60. The Balaban J connectivity index is 2.36. The zero-order valence-electron chi connectivity index (χ0n) is 63.1. The van der Waals surface area contributed by atoms with Crippen LogP contribution in [0, 0.1) is 5.92 Å². The van der Waals surface area contributed by atoms with Crippen molar-refractivity contribution >= 4 is 112 Å². The smallest absolute Gasteiger partial charge is 0.327 e. The lowest BCUT2D eigenvalue weighted by molar-refractivity contribution is -0.142. The molecule has 1 aliphatic rings. The van der Waals surface area contributed by atoms with Gasteiger partial charge in [-0.25, -0.2) is 4.79 Å². The number of aliphatic hydroxyl groups excluding tert-OH is 7. The van der Waals surface area contributed by atoms with Gasteiger partial charge >= 0.3 is 17.9 Å². The Morgan fingerprint density at radius 3 is 1.28 bits per heavy atom. The second kappa shape index (κ2) is 54.6. The molecule has 1 aromatic rings. The predicted molar refractivity (Wildman–Crippen MR) is 398 cm³/mol. The first-order chi connectivity index (χ1) is 52.6. The number of nitrogens with two attached hydrogens (primary N) is 1. The van der Waals surface area contributed by atoms with Crippen LogP contribution in [0.4, 0.5) is 5.69 Å². The molecule has 1 saturated heterocycles. The van der Waals surface area contributed by atoms with Gasteiger partial charge in [0.15, 0.2) is 0 Å². The summed E-state index contributed by atoms with van der Waals surface area (Å²) in [7, 11) is 0. The van der Waals surface area contributed by atoms with E-state index in [1.807, 2.05) is 0 Å². The lowest BCUT2D eigenvalue weighted by Gasteiger charge is -2.27. The van der Waals surface area contributed by atoms with E-state index in [9.17, 15) is 112 Å². The highest BCUT2D eigenvalue weighted by Gasteiger charge is 2.40. The third-order valence-corrected chi connectivity index (χ3v) is 18.9. The number of aliphatic carboxylic acids is 3. The number of benzene rings is 1. The molecule has 1 heterocycles. The lowest BCUT2D eigenvalue weighted by Crippen LogP contribution is -2.59. The molecule has 0 aliphatic carbocycles. The minimum absolute atomic E-state index is 0.0390. The first kappa shape index (κ1) is 98.0. The molecule has 12 atom stereocenters. The fourth-order valence-electron chi connectivity index (χ4n) is 10.9. The molecule has 1 unspecified atom stereocenters. The number of likely N-dealkylation sites (tertiary alicyclic amines) is 1. The van der Waals surface area contributed by atoms with Crippen LogP contribution in [0.25, 0.3) is 0 Å². The second-order valence-corrected chi connectivity index (χ2v) is 28.6. The molecule has 111 heavy (non-hydrogen) atoms. The number of aliphatic hydroxyl groups is 7. The maximum absolute atomic E-state index is 14.5. The fraction of sp³-hybridized carbons (Fsp3) is 0.690. The van der Waals surface area contributed by atoms with E-state index < -0.39 is 249 Å². The van der Waals surface area contributed by atoms with Gasteiger partial charge in [-0.05, 0) is 133 Å². The molecule has 0 bridgehead atoms. The minimum Gasteiger partial charge on any atom is -0.481 e. The molecule has 0 saturated carbocycles. The highest BCUT2D eigenvalue weighted by Crippen LogP contribution is 2.27. The Morgan fingerprint density at radius 2 is 0.874 bits per heavy atom. The average molecular weight is 1600 g/mol. The maximum atomic E-state index is 14.5.